The first-order valence-electron chi connectivity index (χ1n) is 9.64. The van der Waals surface area contributed by atoms with Crippen LogP contribution in [-0.4, -0.2) is 108 Å². The van der Waals surface area contributed by atoms with Gasteiger partial charge in [0.2, 0.25) is 0 Å². The van der Waals surface area contributed by atoms with E-state index in [1.165, 1.54) is 32.5 Å². The zero-order chi connectivity index (χ0) is 18.6. The highest BCUT2D eigenvalue weighted by molar-refractivity contribution is 4.60. The SMILES string of the molecule is CCCN(CCN)CCNC.CCCN(CCNC)CCN(C)C. The van der Waals surface area contributed by atoms with Crippen LogP contribution in [0.5, 0.6) is 0 Å². The van der Waals surface area contributed by atoms with Crippen LogP contribution in [0.2, 0.25) is 0 Å². The van der Waals surface area contributed by atoms with Crippen LogP contribution in [0.25, 0.3) is 0 Å². The summed E-state index contributed by atoms with van der Waals surface area (Å²) in [5.74, 6) is 0. The fourth-order valence-corrected chi connectivity index (χ4v) is 2.37. The molecule has 0 fully saturated rings. The summed E-state index contributed by atoms with van der Waals surface area (Å²) in [6.07, 6.45) is 2.46. The molecule has 0 aromatic carbocycles. The van der Waals surface area contributed by atoms with E-state index in [4.69, 9.17) is 5.73 Å². The molecule has 0 atom stereocenters. The molecule has 0 bridgehead atoms. The van der Waals surface area contributed by atoms with Gasteiger partial charge in [-0.1, -0.05) is 13.8 Å². The number of nitrogens with two attached hydrogens (primary N) is 1. The Morgan fingerprint density at radius 3 is 1.46 bits per heavy atom. The molecule has 0 radical (unpaired) electrons. The van der Waals surface area contributed by atoms with E-state index >= 15 is 0 Å². The van der Waals surface area contributed by atoms with Crippen molar-refractivity contribution in [3.8, 4) is 0 Å². The maximum absolute atomic E-state index is 5.47. The zero-order valence-corrected chi connectivity index (χ0v) is 17.4. The van der Waals surface area contributed by atoms with Crippen LogP contribution in [0.3, 0.4) is 0 Å². The van der Waals surface area contributed by atoms with Crippen LogP contribution in [-0.2, 0) is 0 Å². The lowest BCUT2D eigenvalue weighted by atomic mass is 10.4. The third-order valence-electron chi connectivity index (χ3n) is 3.74. The van der Waals surface area contributed by atoms with Gasteiger partial charge in [-0.15, -0.1) is 0 Å². The highest BCUT2D eigenvalue weighted by Crippen LogP contribution is 1.91. The number of hydrogen-bond donors (Lipinski definition) is 3. The largest absolute Gasteiger partial charge is 0.329 e. The minimum atomic E-state index is 0.768. The monoisotopic (exact) mass is 346 g/mol. The van der Waals surface area contributed by atoms with E-state index in [1.54, 1.807) is 0 Å². The molecule has 0 aromatic rings. The van der Waals surface area contributed by atoms with Gasteiger partial charge >= 0.3 is 0 Å². The van der Waals surface area contributed by atoms with Crippen molar-refractivity contribution in [1.82, 2.24) is 25.3 Å². The molecule has 0 heterocycles. The van der Waals surface area contributed by atoms with Gasteiger partial charge in [0.1, 0.15) is 0 Å². The second-order valence-corrected chi connectivity index (χ2v) is 6.48. The molecule has 0 aliphatic carbocycles. The minimum Gasteiger partial charge on any atom is -0.329 e. The topological polar surface area (TPSA) is 59.8 Å². The van der Waals surface area contributed by atoms with Gasteiger partial charge in [0, 0.05) is 52.4 Å². The van der Waals surface area contributed by atoms with Gasteiger partial charge in [-0.2, -0.15) is 0 Å². The van der Waals surface area contributed by atoms with Crippen LogP contribution in [0.4, 0.5) is 0 Å². The summed E-state index contributed by atoms with van der Waals surface area (Å²) in [4.78, 5) is 7.13. The Kier molecular flexibility index (Phi) is 22.5. The number of hydrogen-bond acceptors (Lipinski definition) is 6. The second kappa shape index (κ2) is 20.8. The normalized spacial score (nSPS) is 11.2. The molecule has 0 aromatic heterocycles. The molecular weight excluding hydrogens is 300 g/mol. The highest BCUT2D eigenvalue weighted by Gasteiger charge is 2.02. The van der Waals surface area contributed by atoms with Crippen molar-refractivity contribution in [2.45, 2.75) is 26.7 Å². The van der Waals surface area contributed by atoms with Gasteiger partial charge in [0.15, 0.2) is 0 Å². The third-order valence-corrected chi connectivity index (χ3v) is 3.74. The van der Waals surface area contributed by atoms with Gasteiger partial charge in [-0.3, -0.25) is 0 Å². The van der Waals surface area contributed by atoms with Crippen molar-refractivity contribution in [1.29, 1.82) is 0 Å². The van der Waals surface area contributed by atoms with E-state index in [2.05, 4.69) is 53.3 Å². The van der Waals surface area contributed by atoms with E-state index in [0.29, 0.717) is 0 Å². The van der Waals surface area contributed by atoms with E-state index < -0.39 is 0 Å². The van der Waals surface area contributed by atoms with Crippen LogP contribution >= 0.6 is 0 Å². The van der Waals surface area contributed by atoms with Crippen molar-refractivity contribution in [3.05, 3.63) is 0 Å². The Balaban J connectivity index is 0. The van der Waals surface area contributed by atoms with Crippen molar-refractivity contribution in [2.24, 2.45) is 5.73 Å². The molecule has 0 spiro atoms. The predicted molar refractivity (Wildman–Crippen MR) is 109 cm³/mol. The van der Waals surface area contributed by atoms with Crippen molar-refractivity contribution in [3.63, 3.8) is 0 Å². The van der Waals surface area contributed by atoms with Crippen molar-refractivity contribution in [2.75, 3.05) is 93.6 Å². The fourth-order valence-electron chi connectivity index (χ4n) is 2.37. The number of nitrogens with zero attached hydrogens (tertiary/aromatic N) is 3. The van der Waals surface area contributed by atoms with Crippen LogP contribution in [0.1, 0.15) is 26.7 Å². The minimum absolute atomic E-state index is 0.768. The molecule has 0 saturated heterocycles. The summed E-state index contributed by atoms with van der Waals surface area (Å²) in [6, 6.07) is 0. The van der Waals surface area contributed by atoms with Crippen LogP contribution < -0.4 is 16.4 Å². The van der Waals surface area contributed by atoms with Crippen molar-refractivity contribution >= 4 is 0 Å². The molecular formula is C18H46N6. The molecule has 148 valence electrons. The number of nitrogens with one attached hydrogen (secondary N) is 2. The van der Waals surface area contributed by atoms with Gasteiger partial charge in [0.05, 0.1) is 0 Å². The molecule has 0 saturated carbocycles. The summed E-state index contributed by atoms with van der Waals surface area (Å²) < 4.78 is 0. The molecule has 24 heavy (non-hydrogen) atoms. The predicted octanol–water partition coefficient (Wildman–Crippen LogP) is 0.356. The molecule has 4 N–H and O–H groups in total. The number of likely N-dealkylation sites (N-methyl/N-ethyl adjacent to an activating group) is 3. The Morgan fingerprint density at radius 2 is 1.12 bits per heavy atom. The van der Waals surface area contributed by atoms with Gasteiger partial charge in [-0.05, 0) is 54.1 Å². The van der Waals surface area contributed by atoms with Crippen molar-refractivity contribution < 1.29 is 0 Å². The van der Waals surface area contributed by atoms with Crippen LogP contribution in [0, 0.1) is 0 Å². The van der Waals surface area contributed by atoms with Crippen LogP contribution in [0.15, 0.2) is 0 Å². The Bertz CT molecular complexity index is 220. The molecule has 6 heteroatoms. The average molecular weight is 347 g/mol. The summed E-state index contributed by atoms with van der Waals surface area (Å²) >= 11 is 0. The summed E-state index contributed by atoms with van der Waals surface area (Å²) in [6.45, 7) is 15.4. The summed E-state index contributed by atoms with van der Waals surface area (Å²) in [7, 11) is 8.24. The fraction of sp³-hybridized carbons (Fsp3) is 1.00. The quantitative estimate of drug-likeness (QED) is 0.398. The summed E-state index contributed by atoms with van der Waals surface area (Å²) in [5.41, 5.74) is 5.47. The third kappa shape index (κ3) is 19.8. The lowest BCUT2D eigenvalue weighted by Gasteiger charge is -2.23. The smallest absolute Gasteiger partial charge is 0.0110 e. The lowest BCUT2D eigenvalue weighted by Crippen LogP contribution is -2.36. The average Bonchev–Trinajstić information content (AvgIpc) is 2.56. The second-order valence-electron chi connectivity index (χ2n) is 6.48. The molecule has 0 aliphatic heterocycles. The Hall–Kier alpha value is -0.240. The van der Waals surface area contributed by atoms with E-state index in [9.17, 15) is 0 Å². The standard InChI is InChI=1S/C10H25N3.C8H21N3/c1-5-7-13(8-6-11-2)10-9-12(3)4;1-3-6-11(7-4-9)8-5-10-2/h11H,5-10H2,1-4H3;10H,3-9H2,1-2H3. The van der Waals surface area contributed by atoms with Gasteiger partial charge in [-0.25, -0.2) is 0 Å². The van der Waals surface area contributed by atoms with Gasteiger partial charge < -0.3 is 31.1 Å². The molecule has 6 nitrogen and oxygen atoms in total. The maximum Gasteiger partial charge on any atom is 0.0110 e. The Morgan fingerprint density at radius 1 is 0.667 bits per heavy atom. The first kappa shape index (κ1) is 26.0. The first-order valence-corrected chi connectivity index (χ1v) is 9.64. The van der Waals surface area contributed by atoms with E-state index in [1.807, 2.05) is 14.1 Å². The first-order chi connectivity index (χ1) is 11.5. The molecule has 0 rings (SSSR count). The van der Waals surface area contributed by atoms with Gasteiger partial charge in [0.25, 0.3) is 0 Å². The highest BCUT2D eigenvalue weighted by atomic mass is 15.2. The molecule has 0 unspecified atom stereocenters. The molecule has 0 aliphatic rings. The molecule has 0 amide bonds. The summed E-state index contributed by atoms with van der Waals surface area (Å²) in [5, 5.41) is 6.32. The number of rotatable bonds is 15. The lowest BCUT2D eigenvalue weighted by molar-refractivity contribution is 0.242. The van der Waals surface area contributed by atoms with E-state index in [0.717, 1.165) is 45.8 Å². The Labute approximate surface area is 152 Å². The zero-order valence-electron chi connectivity index (χ0n) is 17.4. The van der Waals surface area contributed by atoms with E-state index in [-0.39, 0.29) is 0 Å². The maximum atomic E-state index is 5.47.